The average molecular weight is 487 g/mol. The molecule has 4 atom stereocenters. The second-order valence-electron chi connectivity index (χ2n) is 7.97. The molecule has 14 heteroatoms. The lowest BCUT2D eigenvalue weighted by atomic mass is 9.77. The van der Waals surface area contributed by atoms with E-state index in [0.717, 1.165) is 32.4 Å². The van der Waals surface area contributed by atoms with Crippen molar-refractivity contribution in [2.45, 2.75) is 37.6 Å². The van der Waals surface area contributed by atoms with E-state index in [4.69, 9.17) is 9.47 Å². The number of H-pyrrole nitrogens is 2. The van der Waals surface area contributed by atoms with Crippen LogP contribution in [0.2, 0.25) is 0 Å². The highest BCUT2D eigenvalue weighted by atomic mass is 19.4. The average Bonchev–Trinajstić information content (AvgIpc) is 3.27. The first-order chi connectivity index (χ1) is 15.9. The van der Waals surface area contributed by atoms with Gasteiger partial charge in [-0.3, -0.25) is 25.1 Å². The fourth-order valence-electron chi connectivity index (χ4n) is 4.11. The second kappa shape index (κ2) is 8.04. The zero-order chi connectivity index (χ0) is 25.0. The van der Waals surface area contributed by atoms with Gasteiger partial charge in [0.15, 0.2) is 22.8 Å². The van der Waals surface area contributed by atoms with Gasteiger partial charge in [-0.2, -0.15) is 22.5 Å². The van der Waals surface area contributed by atoms with Crippen molar-refractivity contribution >= 4 is 22.9 Å². The van der Waals surface area contributed by atoms with Crippen molar-refractivity contribution in [3.63, 3.8) is 0 Å². The monoisotopic (exact) mass is 487 g/mol. The number of ether oxygens (including phenoxy) is 2. The number of anilines is 1. The number of alkyl halides is 3. The number of amides is 1. The molecule has 1 aromatic carbocycles. The van der Waals surface area contributed by atoms with Crippen LogP contribution < -0.4 is 15.6 Å². The minimum absolute atomic E-state index is 0.0509. The van der Waals surface area contributed by atoms with Gasteiger partial charge in [0.1, 0.15) is 11.5 Å². The summed E-state index contributed by atoms with van der Waals surface area (Å²) in [5, 5.41) is 7.08. The molecule has 1 amide bonds. The minimum Gasteiger partial charge on any atom is -0.493 e. The lowest BCUT2D eigenvalue weighted by Crippen LogP contribution is -2.47. The fourth-order valence-corrected chi connectivity index (χ4v) is 4.11. The molecule has 9 nitrogen and oxygen atoms in total. The van der Waals surface area contributed by atoms with E-state index in [1.165, 1.54) is 6.92 Å². The van der Waals surface area contributed by atoms with Crippen LogP contribution in [0.5, 0.6) is 5.75 Å². The number of hydrogen-bond acceptors (Lipinski definition) is 6. The number of carbonyl (C=O) groups is 1. The van der Waals surface area contributed by atoms with Crippen molar-refractivity contribution in [2.75, 3.05) is 12.4 Å². The highest BCUT2D eigenvalue weighted by molar-refractivity contribution is 5.94. The summed E-state index contributed by atoms with van der Waals surface area (Å²) in [7, 11) is 1.03. The molecule has 3 aromatic rings. The summed E-state index contributed by atoms with van der Waals surface area (Å²) >= 11 is 0. The molecule has 182 valence electrons. The zero-order valence-corrected chi connectivity index (χ0v) is 17.9. The molecule has 34 heavy (non-hydrogen) atoms. The summed E-state index contributed by atoms with van der Waals surface area (Å²) in [5.74, 6) is -7.48. The van der Waals surface area contributed by atoms with Crippen molar-refractivity contribution in [1.82, 2.24) is 20.2 Å². The number of benzene rings is 1. The van der Waals surface area contributed by atoms with E-state index < -0.39 is 58.6 Å². The Hall–Kier alpha value is -3.55. The summed E-state index contributed by atoms with van der Waals surface area (Å²) in [5.41, 5.74) is -3.43. The highest BCUT2D eigenvalue weighted by Crippen LogP contribution is 2.54. The Labute approximate surface area is 187 Å². The Morgan fingerprint density at radius 3 is 2.62 bits per heavy atom. The Balaban J connectivity index is 1.76. The standard InChI is InChI=1S/C20H18F5N5O4/c1-7-11(8-4-5-10(21)12(22)13(8)33-3)14(34-19(7,2)20(23,24)25)17(32)28-18-26-6-9-15(27-18)29-30-16(9)31/h4-7,11,14H,1-3H3,(H3,26,27,28,29,30,31,32)/t7-,11-,14+,19+/m0/s1. The van der Waals surface area contributed by atoms with Gasteiger partial charge >= 0.3 is 6.18 Å². The Kier molecular flexibility index (Phi) is 5.58. The quantitative estimate of drug-likeness (QED) is 0.487. The zero-order valence-electron chi connectivity index (χ0n) is 17.9. The van der Waals surface area contributed by atoms with Crippen LogP contribution in [0.25, 0.3) is 11.0 Å². The van der Waals surface area contributed by atoms with Crippen molar-refractivity contribution in [3.8, 4) is 5.75 Å². The van der Waals surface area contributed by atoms with Gasteiger partial charge in [-0.05, 0) is 13.0 Å². The van der Waals surface area contributed by atoms with Crippen LogP contribution in [0.15, 0.2) is 23.1 Å². The Morgan fingerprint density at radius 2 is 1.97 bits per heavy atom. The van der Waals surface area contributed by atoms with Gasteiger partial charge in [0.25, 0.3) is 11.5 Å². The number of rotatable bonds is 4. The van der Waals surface area contributed by atoms with Crippen LogP contribution in [0.3, 0.4) is 0 Å². The number of methoxy groups -OCH3 is 1. The predicted octanol–water partition coefficient (Wildman–Crippen LogP) is 3.01. The topological polar surface area (TPSA) is 122 Å². The Bertz CT molecular complexity index is 1320. The molecule has 3 N–H and O–H groups in total. The van der Waals surface area contributed by atoms with Gasteiger partial charge in [-0.25, -0.2) is 9.37 Å². The fraction of sp³-hybridized carbons (Fsp3) is 0.400. The normalized spacial score (nSPS) is 25.0. The first-order valence-corrected chi connectivity index (χ1v) is 9.89. The molecule has 1 aliphatic heterocycles. The van der Waals surface area contributed by atoms with E-state index in [1.807, 2.05) is 0 Å². The molecule has 1 fully saturated rings. The number of nitrogens with one attached hydrogen (secondary N) is 3. The SMILES string of the molecule is COc1c([C@H]2[C@H](C(=O)Nc3ncc4c(=O)[nH][nH]c4n3)O[C@@](C)(C(F)(F)F)[C@H]2C)ccc(F)c1F. The van der Waals surface area contributed by atoms with Gasteiger partial charge in [0.2, 0.25) is 11.8 Å². The molecule has 1 saturated heterocycles. The third-order valence-corrected chi connectivity index (χ3v) is 6.13. The maximum atomic E-state index is 14.4. The number of halogens is 5. The van der Waals surface area contributed by atoms with E-state index in [1.54, 1.807) is 0 Å². The number of aromatic nitrogens is 4. The van der Waals surface area contributed by atoms with E-state index in [0.29, 0.717) is 0 Å². The van der Waals surface area contributed by atoms with Gasteiger partial charge in [0.05, 0.1) is 7.11 Å². The van der Waals surface area contributed by atoms with Gasteiger partial charge in [0, 0.05) is 23.6 Å². The molecule has 0 saturated carbocycles. The predicted molar refractivity (Wildman–Crippen MR) is 107 cm³/mol. The molecule has 0 radical (unpaired) electrons. The smallest absolute Gasteiger partial charge is 0.417 e. The first kappa shape index (κ1) is 23.6. The van der Waals surface area contributed by atoms with Gasteiger partial charge in [-0.1, -0.05) is 13.0 Å². The van der Waals surface area contributed by atoms with Crippen LogP contribution in [0.1, 0.15) is 25.3 Å². The largest absolute Gasteiger partial charge is 0.493 e. The number of fused-ring (bicyclic) bond motifs is 1. The molecular formula is C20H18F5N5O4. The first-order valence-electron chi connectivity index (χ1n) is 9.89. The molecule has 0 bridgehead atoms. The maximum Gasteiger partial charge on any atom is 0.417 e. The van der Waals surface area contributed by atoms with Crippen LogP contribution in [0.4, 0.5) is 27.9 Å². The lowest BCUT2D eigenvalue weighted by molar-refractivity contribution is -0.272. The van der Waals surface area contributed by atoms with E-state index in [2.05, 4.69) is 25.5 Å². The van der Waals surface area contributed by atoms with E-state index >= 15 is 0 Å². The van der Waals surface area contributed by atoms with Crippen molar-refractivity contribution < 1.29 is 36.2 Å². The number of carbonyl (C=O) groups excluding carboxylic acids is 1. The van der Waals surface area contributed by atoms with Crippen LogP contribution in [-0.4, -0.2) is 51.1 Å². The van der Waals surface area contributed by atoms with Gasteiger partial charge < -0.3 is 9.47 Å². The minimum atomic E-state index is -4.90. The van der Waals surface area contributed by atoms with Crippen LogP contribution in [-0.2, 0) is 9.53 Å². The molecular weight excluding hydrogens is 469 g/mol. The molecule has 3 heterocycles. The van der Waals surface area contributed by atoms with Crippen LogP contribution in [0, 0.1) is 17.6 Å². The van der Waals surface area contributed by atoms with Gasteiger partial charge in [-0.15, -0.1) is 0 Å². The summed E-state index contributed by atoms with van der Waals surface area (Å²) in [6.07, 6.45) is -5.59. The van der Waals surface area contributed by atoms with Crippen molar-refractivity contribution in [1.29, 1.82) is 0 Å². The molecule has 0 spiro atoms. The molecule has 0 aliphatic carbocycles. The molecule has 1 aliphatic rings. The Morgan fingerprint density at radius 1 is 1.26 bits per heavy atom. The third kappa shape index (κ3) is 3.57. The summed E-state index contributed by atoms with van der Waals surface area (Å²) in [4.78, 5) is 32.4. The summed E-state index contributed by atoms with van der Waals surface area (Å²) in [6, 6.07) is 1.79. The van der Waals surface area contributed by atoms with Crippen molar-refractivity contribution in [2.24, 2.45) is 5.92 Å². The highest BCUT2D eigenvalue weighted by Gasteiger charge is 2.66. The lowest BCUT2D eigenvalue weighted by Gasteiger charge is -2.32. The molecule has 0 unspecified atom stereocenters. The number of nitrogens with zero attached hydrogens (tertiary/aromatic N) is 2. The molecule has 2 aromatic heterocycles. The van der Waals surface area contributed by atoms with Crippen molar-refractivity contribution in [3.05, 3.63) is 45.9 Å². The third-order valence-electron chi connectivity index (χ3n) is 6.13. The molecule has 4 rings (SSSR count). The maximum absolute atomic E-state index is 14.4. The number of aromatic amines is 2. The van der Waals surface area contributed by atoms with E-state index in [9.17, 15) is 31.5 Å². The summed E-state index contributed by atoms with van der Waals surface area (Å²) < 4.78 is 80.2. The number of hydrogen-bond donors (Lipinski definition) is 3. The van der Waals surface area contributed by atoms with Crippen LogP contribution >= 0.6 is 0 Å². The second-order valence-corrected chi connectivity index (χ2v) is 7.97. The van der Waals surface area contributed by atoms with E-state index in [-0.39, 0.29) is 22.5 Å². The summed E-state index contributed by atoms with van der Waals surface area (Å²) in [6.45, 7) is 1.97.